The molecule has 0 aliphatic carbocycles. The van der Waals surface area contributed by atoms with Crippen LogP contribution in [0.2, 0.25) is 0 Å². The number of likely N-dealkylation sites (N-methyl/N-ethyl adjacent to an activating group) is 1. The van der Waals surface area contributed by atoms with Gasteiger partial charge in [-0.15, -0.1) is 0 Å². The van der Waals surface area contributed by atoms with E-state index in [1.54, 1.807) is 0 Å². The molecular weight excluding hydrogens is 246 g/mol. The van der Waals surface area contributed by atoms with Crippen molar-refractivity contribution >= 4 is 0 Å². The number of piperidine rings is 1. The lowest BCUT2D eigenvalue weighted by atomic mass is 10.0. The van der Waals surface area contributed by atoms with Gasteiger partial charge in [0.2, 0.25) is 0 Å². The second-order valence-electron chi connectivity index (χ2n) is 5.21. The molecular formula is C15H22F2N2. The van der Waals surface area contributed by atoms with Crippen molar-refractivity contribution in [1.29, 1.82) is 0 Å². The predicted octanol–water partition coefficient (Wildman–Crippen LogP) is 2.93. The van der Waals surface area contributed by atoms with Crippen molar-refractivity contribution in [3.8, 4) is 0 Å². The van der Waals surface area contributed by atoms with Crippen LogP contribution in [0.5, 0.6) is 0 Å². The van der Waals surface area contributed by atoms with E-state index < -0.39 is 0 Å². The van der Waals surface area contributed by atoms with E-state index in [-0.39, 0.29) is 11.6 Å². The molecule has 0 amide bonds. The number of hydrogen-bond donors (Lipinski definition) is 1. The summed E-state index contributed by atoms with van der Waals surface area (Å²) >= 11 is 0. The maximum absolute atomic E-state index is 13.6. The topological polar surface area (TPSA) is 15.3 Å². The van der Waals surface area contributed by atoms with Gasteiger partial charge in [0.1, 0.15) is 11.6 Å². The number of nitrogens with one attached hydrogen (secondary N) is 1. The Morgan fingerprint density at radius 1 is 1.32 bits per heavy atom. The summed E-state index contributed by atoms with van der Waals surface area (Å²) in [6.07, 6.45) is 3.66. The first kappa shape index (κ1) is 14.4. The maximum atomic E-state index is 13.6. The summed E-state index contributed by atoms with van der Waals surface area (Å²) in [6, 6.07) is 4.15. The monoisotopic (exact) mass is 268 g/mol. The van der Waals surface area contributed by atoms with Gasteiger partial charge in [0.25, 0.3) is 0 Å². The minimum absolute atomic E-state index is 0.323. The van der Waals surface area contributed by atoms with Crippen LogP contribution >= 0.6 is 0 Å². The van der Waals surface area contributed by atoms with Crippen molar-refractivity contribution in [2.45, 2.75) is 38.8 Å². The fraction of sp³-hybridized carbons (Fsp3) is 0.600. The van der Waals surface area contributed by atoms with E-state index in [1.165, 1.54) is 31.4 Å². The molecule has 1 unspecified atom stereocenters. The fourth-order valence-electron chi connectivity index (χ4n) is 2.60. The van der Waals surface area contributed by atoms with Gasteiger partial charge < -0.3 is 5.32 Å². The number of nitrogens with zero attached hydrogens (tertiary/aromatic N) is 1. The van der Waals surface area contributed by atoms with Crippen LogP contribution < -0.4 is 5.32 Å². The smallest absolute Gasteiger partial charge is 0.127 e. The average Bonchev–Trinajstić information content (AvgIpc) is 2.43. The average molecular weight is 268 g/mol. The molecule has 2 rings (SSSR count). The summed E-state index contributed by atoms with van der Waals surface area (Å²) in [5, 5.41) is 3.49. The van der Waals surface area contributed by atoms with Crippen LogP contribution in [0.15, 0.2) is 18.2 Å². The zero-order chi connectivity index (χ0) is 13.7. The first-order valence-corrected chi connectivity index (χ1v) is 7.08. The SMILES string of the molecule is CCN(Cc1cc(F)ccc1F)CC1CCCCN1. The molecule has 1 atom stereocenters. The second-order valence-corrected chi connectivity index (χ2v) is 5.21. The number of hydrogen-bond acceptors (Lipinski definition) is 2. The highest BCUT2D eigenvalue weighted by molar-refractivity contribution is 5.18. The minimum atomic E-state index is -0.372. The van der Waals surface area contributed by atoms with E-state index in [1.807, 2.05) is 0 Å². The van der Waals surface area contributed by atoms with Gasteiger partial charge in [0, 0.05) is 24.7 Å². The Morgan fingerprint density at radius 2 is 2.16 bits per heavy atom. The Morgan fingerprint density at radius 3 is 2.84 bits per heavy atom. The molecule has 1 aromatic rings. The van der Waals surface area contributed by atoms with Crippen molar-refractivity contribution in [2.75, 3.05) is 19.6 Å². The normalized spacial score (nSPS) is 19.9. The van der Waals surface area contributed by atoms with Crippen LogP contribution in [0.3, 0.4) is 0 Å². The van der Waals surface area contributed by atoms with Gasteiger partial charge in [-0.25, -0.2) is 8.78 Å². The Bertz CT molecular complexity index is 403. The Kier molecular flexibility index (Phi) is 5.28. The molecule has 1 heterocycles. The van der Waals surface area contributed by atoms with E-state index in [9.17, 15) is 8.78 Å². The molecule has 1 saturated heterocycles. The molecule has 106 valence electrons. The Hall–Kier alpha value is -1.00. The first-order chi connectivity index (χ1) is 9.19. The van der Waals surface area contributed by atoms with Gasteiger partial charge in [-0.3, -0.25) is 4.90 Å². The largest absolute Gasteiger partial charge is 0.313 e. The molecule has 19 heavy (non-hydrogen) atoms. The van der Waals surface area contributed by atoms with Gasteiger partial charge in [0.15, 0.2) is 0 Å². The molecule has 1 N–H and O–H groups in total. The van der Waals surface area contributed by atoms with Crippen LogP contribution in [-0.2, 0) is 6.54 Å². The van der Waals surface area contributed by atoms with Crippen LogP contribution in [0.4, 0.5) is 8.78 Å². The molecule has 4 heteroatoms. The Balaban J connectivity index is 1.95. The van der Waals surface area contributed by atoms with Crippen LogP contribution in [0.25, 0.3) is 0 Å². The first-order valence-electron chi connectivity index (χ1n) is 7.08. The zero-order valence-corrected chi connectivity index (χ0v) is 11.5. The highest BCUT2D eigenvalue weighted by Gasteiger charge is 2.17. The van der Waals surface area contributed by atoms with Gasteiger partial charge in [-0.1, -0.05) is 13.3 Å². The summed E-state index contributed by atoms with van der Waals surface area (Å²) in [7, 11) is 0. The third-order valence-corrected chi connectivity index (χ3v) is 3.74. The van der Waals surface area contributed by atoms with E-state index in [2.05, 4.69) is 17.1 Å². The van der Waals surface area contributed by atoms with Gasteiger partial charge in [-0.05, 0) is 44.1 Å². The van der Waals surface area contributed by atoms with E-state index in [0.717, 1.165) is 25.7 Å². The standard InChI is InChI=1S/C15H22F2N2/c1-2-19(11-14-5-3-4-8-18-14)10-12-9-13(16)6-7-15(12)17/h6-7,9,14,18H,2-5,8,10-11H2,1H3. The third-order valence-electron chi connectivity index (χ3n) is 3.74. The lowest BCUT2D eigenvalue weighted by molar-refractivity contribution is 0.224. The van der Waals surface area contributed by atoms with Crippen LogP contribution in [0, 0.1) is 11.6 Å². The van der Waals surface area contributed by atoms with E-state index >= 15 is 0 Å². The van der Waals surface area contributed by atoms with Crippen molar-refractivity contribution < 1.29 is 8.78 Å². The molecule has 0 saturated carbocycles. The molecule has 2 nitrogen and oxygen atoms in total. The molecule has 0 bridgehead atoms. The van der Waals surface area contributed by atoms with Crippen LogP contribution in [0.1, 0.15) is 31.7 Å². The van der Waals surface area contributed by atoms with Crippen molar-refractivity contribution in [2.24, 2.45) is 0 Å². The number of benzene rings is 1. The number of rotatable bonds is 5. The predicted molar refractivity (Wildman–Crippen MR) is 73.0 cm³/mol. The van der Waals surface area contributed by atoms with Gasteiger partial charge in [0.05, 0.1) is 0 Å². The van der Waals surface area contributed by atoms with Crippen molar-refractivity contribution in [3.05, 3.63) is 35.4 Å². The quantitative estimate of drug-likeness (QED) is 0.883. The molecule has 0 aromatic heterocycles. The summed E-state index contributed by atoms with van der Waals surface area (Å²) < 4.78 is 26.8. The summed E-state index contributed by atoms with van der Waals surface area (Å²) in [5.41, 5.74) is 0.442. The van der Waals surface area contributed by atoms with Crippen LogP contribution in [-0.4, -0.2) is 30.6 Å². The van der Waals surface area contributed by atoms with Gasteiger partial charge >= 0.3 is 0 Å². The summed E-state index contributed by atoms with van der Waals surface area (Å²) in [6.45, 7) is 5.33. The summed E-state index contributed by atoms with van der Waals surface area (Å²) in [4.78, 5) is 2.17. The lowest BCUT2D eigenvalue weighted by Gasteiger charge is -2.30. The van der Waals surface area contributed by atoms with E-state index in [0.29, 0.717) is 18.2 Å². The third kappa shape index (κ3) is 4.25. The Labute approximate surface area is 113 Å². The molecule has 1 aliphatic heterocycles. The molecule has 1 fully saturated rings. The molecule has 1 aliphatic rings. The fourth-order valence-corrected chi connectivity index (χ4v) is 2.60. The number of halogens is 2. The molecule has 0 radical (unpaired) electrons. The van der Waals surface area contributed by atoms with E-state index in [4.69, 9.17) is 0 Å². The zero-order valence-electron chi connectivity index (χ0n) is 11.5. The highest BCUT2D eigenvalue weighted by Crippen LogP contribution is 2.14. The highest BCUT2D eigenvalue weighted by atomic mass is 19.1. The maximum Gasteiger partial charge on any atom is 0.127 e. The van der Waals surface area contributed by atoms with Crippen molar-refractivity contribution in [1.82, 2.24) is 10.2 Å². The molecule has 1 aromatic carbocycles. The molecule has 0 spiro atoms. The van der Waals surface area contributed by atoms with Gasteiger partial charge in [-0.2, -0.15) is 0 Å². The minimum Gasteiger partial charge on any atom is -0.313 e. The summed E-state index contributed by atoms with van der Waals surface area (Å²) in [5.74, 6) is -0.695. The van der Waals surface area contributed by atoms with Crippen molar-refractivity contribution in [3.63, 3.8) is 0 Å². The second kappa shape index (κ2) is 6.96. The lowest BCUT2D eigenvalue weighted by Crippen LogP contribution is -2.43.